The maximum atomic E-state index is 13.4. The summed E-state index contributed by atoms with van der Waals surface area (Å²) in [6.45, 7) is 5.01. The van der Waals surface area contributed by atoms with E-state index in [4.69, 9.17) is 16.3 Å². The third-order valence-electron chi connectivity index (χ3n) is 7.42. The molecule has 1 saturated heterocycles. The first-order chi connectivity index (χ1) is 20.4. The predicted molar refractivity (Wildman–Crippen MR) is 164 cm³/mol. The Bertz CT molecular complexity index is 1680. The highest BCUT2D eigenvalue weighted by molar-refractivity contribution is 7.92. The highest BCUT2D eigenvalue weighted by Gasteiger charge is 2.41. The largest absolute Gasteiger partial charge is 0.495 e. The van der Waals surface area contributed by atoms with Crippen LogP contribution in [0.5, 0.6) is 5.75 Å². The number of carbonyl (C=O) groups is 2. The first-order valence-corrected chi connectivity index (χ1v) is 15.6. The molecule has 0 aliphatic carbocycles. The van der Waals surface area contributed by atoms with Gasteiger partial charge in [0.2, 0.25) is 11.9 Å². The summed E-state index contributed by atoms with van der Waals surface area (Å²) in [5.41, 5.74) is 2.17. The van der Waals surface area contributed by atoms with Gasteiger partial charge in [-0.3, -0.25) is 9.59 Å². The number of likely N-dealkylation sites (tertiary alicyclic amines) is 1. The van der Waals surface area contributed by atoms with Crippen molar-refractivity contribution < 1.29 is 22.7 Å². The standard InChI is InChI=1S/C29H34ClN7O5S/c1-17(2)43(40,41)25-9-7-6-8-22(25)32-27-21(30)12-31-29(34-27)33-23-11-20-18(10-24(23)42-5)13-37(28(20)39)19-14-36(15-19)26(38)16-35(3)4/h6-12,17,19H,13-16H2,1-5H3,(H2,31,32,33,34). The van der Waals surface area contributed by atoms with Crippen molar-refractivity contribution in [3.63, 3.8) is 0 Å². The van der Waals surface area contributed by atoms with Crippen LogP contribution >= 0.6 is 11.6 Å². The number of aromatic nitrogens is 2. The van der Waals surface area contributed by atoms with Crippen LogP contribution in [0.2, 0.25) is 5.02 Å². The van der Waals surface area contributed by atoms with Crippen LogP contribution in [0, 0.1) is 0 Å². The fraction of sp³-hybridized carbons (Fsp3) is 0.379. The van der Waals surface area contributed by atoms with E-state index in [0.717, 1.165) is 5.56 Å². The van der Waals surface area contributed by atoms with Crippen molar-refractivity contribution in [2.75, 3.05) is 51.5 Å². The molecular weight excluding hydrogens is 594 g/mol. The number of likely N-dealkylation sites (N-methyl/N-ethyl adjacent to an activating group) is 1. The number of fused-ring (bicyclic) bond motifs is 1. The second-order valence-corrected chi connectivity index (χ2v) is 13.9. The molecule has 1 fully saturated rings. The van der Waals surface area contributed by atoms with Crippen LogP contribution < -0.4 is 15.4 Å². The van der Waals surface area contributed by atoms with E-state index in [2.05, 4.69) is 20.6 Å². The van der Waals surface area contributed by atoms with E-state index < -0.39 is 15.1 Å². The third kappa shape index (κ3) is 6.10. The van der Waals surface area contributed by atoms with Crippen LogP contribution in [0.4, 0.5) is 23.1 Å². The summed E-state index contributed by atoms with van der Waals surface area (Å²) in [5.74, 6) is 0.774. The van der Waals surface area contributed by atoms with Crippen LogP contribution in [0.1, 0.15) is 29.8 Å². The molecule has 3 aromatic rings. The minimum absolute atomic E-state index is 0.0421. The molecule has 12 nitrogen and oxygen atoms in total. The average molecular weight is 628 g/mol. The van der Waals surface area contributed by atoms with Crippen molar-refractivity contribution in [3.8, 4) is 5.75 Å². The summed E-state index contributed by atoms with van der Waals surface area (Å²) in [7, 11) is 1.65. The Kier molecular flexibility index (Phi) is 8.50. The third-order valence-corrected chi connectivity index (χ3v) is 9.91. The number of para-hydroxylation sites is 1. The van der Waals surface area contributed by atoms with E-state index in [1.165, 1.54) is 19.4 Å². The Balaban J connectivity index is 1.35. The quantitative estimate of drug-likeness (QED) is 0.343. The summed E-state index contributed by atoms with van der Waals surface area (Å²) >= 11 is 6.39. The zero-order valence-electron chi connectivity index (χ0n) is 24.6. The summed E-state index contributed by atoms with van der Waals surface area (Å²) in [6, 6.07) is 10.0. The molecule has 5 rings (SSSR count). The van der Waals surface area contributed by atoms with Gasteiger partial charge in [0.25, 0.3) is 5.91 Å². The first kappa shape index (κ1) is 30.5. The van der Waals surface area contributed by atoms with Crippen molar-refractivity contribution in [2.45, 2.75) is 36.6 Å². The summed E-state index contributed by atoms with van der Waals surface area (Å²) in [6.07, 6.45) is 1.39. The predicted octanol–water partition coefficient (Wildman–Crippen LogP) is 3.54. The Morgan fingerprint density at radius 2 is 1.88 bits per heavy atom. The normalized spacial score (nSPS) is 15.1. The van der Waals surface area contributed by atoms with Gasteiger partial charge in [-0.15, -0.1) is 0 Å². The number of benzene rings is 2. The lowest BCUT2D eigenvalue weighted by molar-refractivity contribution is -0.138. The first-order valence-electron chi connectivity index (χ1n) is 13.7. The van der Waals surface area contributed by atoms with E-state index in [1.807, 2.05) is 25.1 Å². The van der Waals surface area contributed by atoms with Gasteiger partial charge in [0.15, 0.2) is 15.7 Å². The van der Waals surface area contributed by atoms with Crippen LogP contribution in [-0.4, -0.2) is 97.0 Å². The number of ether oxygens (including phenoxy) is 1. The molecule has 2 N–H and O–H groups in total. The molecule has 43 heavy (non-hydrogen) atoms. The Hall–Kier alpha value is -3.94. The van der Waals surface area contributed by atoms with E-state index in [0.29, 0.717) is 48.9 Å². The zero-order valence-corrected chi connectivity index (χ0v) is 26.2. The molecular formula is C29H34ClN7O5S. The minimum atomic E-state index is -3.58. The highest BCUT2D eigenvalue weighted by Crippen LogP contribution is 2.37. The molecule has 0 unspecified atom stereocenters. The molecule has 2 aliphatic rings. The van der Waals surface area contributed by atoms with Crippen molar-refractivity contribution in [1.82, 2.24) is 24.7 Å². The molecule has 3 heterocycles. The minimum Gasteiger partial charge on any atom is -0.495 e. The van der Waals surface area contributed by atoms with Gasteiger partial charge in [-0.2, -0.15) is 4.98 Å². The average Bonchev–Trinajstić information content (AvgIpc) is 3.23. The molecule has 2 aliphatic heterocycles. The smallest absolute Gasteiger partial charge is 0.254 e. The molecule has 2 amide bonds. The van der Waals surface area contributed by atoms with Crippen LogP contribution in [0.25, 0.3) is 0 Å². The van der Waals surface area contributed by atoms with Gasteiger partial charge in [0.05, 0.1) is 47.4 Å². The van der Waals surface area contributed by atoms with Gasteiger partial charge < -0.3 is 30.1 Å². The second-order valence-electron chi connectivity index (χ2n) is 11.1. The maximum Gasteiger partial charge on any atom is 0.254 e. The summed E-state index contributed by atoms with van der Waals surface area (Å²) in [5, 5.41) is 5.71. The monoisotopic (exact) mass is 627 g/mol. The van der Waals surface area contributed by atoms with Gasteiger partial charge >= 0.3 is 0 Å². The molecule has 0 atom stereocenters. The van der Waals surface area contributed by atoms with Gasteiger partial charge in [-0.25, -0.2) is 13.4 Å². The van der Waals surface area contributed by atoms with Gasteiger partial charge in [0.1, 0.15) is 10.8 Å². The summed E-state index contributed by atoms with van der Waals surface area (Å²) < 4.78 is 31.4. The van der Waals surface area contributed by atoms with Crippen LogP contribution in [0.3, 0.4) is 0 Å². The number of sulfone groups is 1. The van der Waals surface area contributed by atoms with Crippen LogP contribution in [0.15, 0.2) is 47.5 Å². The molecule has 0 saturated carbocycles. The molecule has 1 aromatic heterocycles. The second kappa shape index (κ2) is 12.0. The lowest BCUT2D eigenvalue weighted by atomic mass is 10.1. The van der Waals surface area contributed by atoms with Crippen molar-refractivity contribution in [2.24, 2.45) is 0 Å². The van der Waals surface area contributed by atoms with E-state index in [1.54, 1.807) is 47.9 Å². The molecule has 228 valence electrons. The number of nitrogens with zero attached hydrogens (tertiary/aromatic N) is 5. The molecule has 0 spiro atoms. The van der Waals surface area contributed by atoms with Gasteiger partial charge in [-0.05, 0) is 57.8 Å². The number of anilines is 4. The van der Waals surface area contributed by atoms with E-state index in [-0.39, 0.29) is 39.5 Å². The van der Waals surface area contributed by atoms with E-state index in [9.17, 15) is 18.0 Å². The Morgan fingerprint density at radius 3 is 2.56 bits per heavy atom. The molecule has 0 bridgehead atoms. The molecule has 0 radical (unpaired) electrons. The number of hydrogen-bond acceptors (Lipinski definition) is 10. The molecule has 14 heteroatoms. The van der Waals surface area contributed by atoms with Crippen molar-refractivity contribution in [3.05, 3.63) is 58.7 Å². The number of hydrogen-bond donors (Lipinski definition) is 2. The lowest BCUT2D eigenvalue weighted by Gasteiger charge is -2.44. The van der Waals surface area contributed by atoms with Crippen LogP contribution in [-0.2, 0) is 21.2 Å². The number of rotatable bonds is 10. The highest BCUT2D eigenvalue weighted by atomic mass is 35.5. The Labute approximate surface area is 255 Å². The summed E-state index contributed by atoms with van der Waals surface area (Å²) in [4.78, 5) is 40.0. The SMILES string of the molecule is COc1cc2c(cc1Nc1ncc(Cl)c(Nc3ccccc3S(=O)(=O)C(C)C)n1)C(=O)N(C1CN(C(=O)CN(C)C)C1)C2. The molecule has 2 aromatic carbocycles. The topological polar surface area (TPSA) is 137 Å². The van der Waals surface area contributed by atoms with E-state index >= 15 is 0 Å². The number of methoxy groups -OCH3 is 1. The number of halogens is 1. The number of carbonyl (C=O) groups excluding carboxylic acids is 2. The van der Waals surface area contributed by atoms with Crippen molar-refractivity contribution in [1.29, 1.82) is 0 Å². The Morgan fingerprint density at radius 1 is 1.16 bits per heavy atom. The zero-order chi connectivity index (χ0) is 31.1. The fourth-order valence-electron chi connectivity index (χ4n) is 4.98. The fourth-order valence-corrected chi connectivity index (χ4v) is 6.32. The number of amides is 2. The number of nitrogens with one attached hydrogen (secondary N) is 2. The van der Waals surface area contributed by atoms with Gasteiger partial charge in [-0.1, -0.05) is 23.7 Å². The van der Waals surface area contributed by atoms with Crippen molar-refractivity contribution >= 4 is 56.4 Å². The lowest BCUT2D eigenvalue weighted by Crippen LogP contribution is -2.62. The van der Waals surface area contributed by atoms with Gasteiger partial charge in [0, 0.05) is 25.2 Å². The maximum absolute atomic E-state index is 13.4.